The quantitative estimate of drug-likeness (QED) is 0.673. The van der Waals surface area contributed by atoms with Crippen molar-refractivity contribution in [3.8, 4) is 0 Å². The van der Waals surface area contributed by atoms with Gasteiger partial charge in [0.25, 0.3) is 0 Å². The maximum atomic E-state index is 12.1. The number of ether oxygens (including phenoxy) is 2. The fourth-order valence-electron chi connectivity index (χ4n) is 2.82. The topological polar surface area (TPSA) is 69.7 Å². The summed E-state index contributed by atoms with van der Waals surface area (Å²) >= 11 is 0. The summed E-state index contributed by atoms with van der Waals surface area (Å²) in [5, 5.41) is 0. The van der Waals surface area contributed by atoms with Crippen molar-refractivity contribution in [3.63, 3.8) is 0 Å². The van der Waals surface area contributed by atoms with Gasteiger partial charge < -0.3 is 9.47 Å². The molecule has 0 unspecified atom stereocenters. The number of methoxy groups -OCH3 is 1. The minimum absolute atomic E-state index is 0.00565. The van der Waals surface area contributed by atoms with Crippen LogP contribution in [0.3, 0.4) is 0 Å². The maximum Gasteiger partial charge on any atom is 0.311 e. The molecule has 0 radical (unpaired) electrons. The summed E-state index contributed by atoms with van der Waals surface area (Å²) in [6, 6.07) is 0. The predicted molar refractivity (Wildman–Crippen MR) is 66.5 cm³/mol. The SMILES string of the molecule is COC(=O)[C@H]1C[C@H]2O[C@@H]1C(=O)CCCCCCC2=O. The molecule has 2 fully saturated rings. The van der Waals surface area contributed by atoms with Gasteiger partial charge in [0.05, 0.1) is 13.0 Å². The predicted octanol–water partition coefficient (Wildman–Crippen LogP) is 1.43. The molecule has 2 aliphatic heterocycles. The first kappa shape index (κ1) is 14.2. The minimum Gasteiger partial charge on any atom is -0.469 e. The third-order valence-corrected chi connectivity index (χ3v) is 3.92. The van der Waals surface area contributed by atoms with Crippen LogP contribution in [-0.4, -0.2) is 36.9 Å². The second-order valence-electron chi connectivity index (χ2n) is 5.26. The summed E-state index contributed by atoms with van der Waals surface area (Å²) < 4.78 is 10.3. The normalized spacial score (nSPS) is 32.8. The Hall–Kier alpha value is -1.23. The summed E-state index contributed by atoms with van der Waals surface area (Å²) in [7, 11) is 1.29. The molecular weight excluding hydrogens is 248 g/mol. The third kappa shape index (κ3) is 3.21. The van der Waals surface area contributed by atoms with Crippen LogP contribution in [0.1, 0.15) is 44.9 Å². The molecule has 0 aromatic rings. The number of hydrogen-bond donors (Lipinski definition) is 0. The molecule has 5 nitrogen and oxygen atoms in total. The van der Waals surface area contributed by atoms with Crippen molar-refractivity contribution in [2.24, 2.45) is 5.92 Å². The van der Waals surface area contributed by atoms with Gasteiger partial charge in [0, 0.05) is 12.8 Å². The fraction of sp³-hybridized carbons (Fsp3) is 0.786. The largest absolute Gasteiger partial charge is 0.469 e. The molecule has 0 aromatic carbocycles. The molecule has 0 saturated carbocycles. The van der Waals surface area contributed by atoms with Crippen LogP contribution in [0.25, 0.3) is 0 Å². The second-order valence-corrected chi connectivity index (χ2v) is 5.26. The first-order chi connectivity index (χ1) is 9.13. The van der Waals surface area contributed by atoms with E-state index in [0.29, 0.717) is 12.8 Å². The van der Waals surface area contributed by atoms with E-state index in [4.69, 9.17) is 9.47 Å². The molecule has 19 heavy (non-hydrogen) atoms. The van der Waals surface area contributed by atoms with Crippen molar-refractivity contribution in [2.75, 3.05) is 7.11 Å². The van der Waals surface area contributed by atoms with Crippen LogP contribution in [0.5, 0.6) is 0 Å². The van der Waals surface area contributed by atoms with Crippen molar-refractivity contribution in [3.05, 3.63) is 0 Å². The third-order valence-electron chi connectivity index (χ3n) is 3.92. The molecule has 106 valence electrons. The van der Waals surface area contributed by atoms with E-state index >= 15 is 0 Å². The lowest BCUT2D eigenvalue weighted by atomic mass is 9.92. The highest BCUT2D eigenvalue weighted by Gasteiger charge is 2.46. The maximum absolute atomic E-state index is 12.1. The number of fused-ring (bicyclic) bond motifs is 2. The monoisotopic (exact) mass is 268 g/mol. The smallest absolute Gasteiger partial charge is 0.311 e. The minimum atomic E-state index is -0.792. The standard InChI is InChI=1S/C14H20O5/c1-18-14(17)9-8-12-10(15)6-4-2-3-5-7-11(16)13(9)19-12/h9,12-13H,2-8H2,1H3/t9-,12+,13-/m0/s1. The number of esters is 1. The average molecular weight is 268 g/mol. The summed E-state index contributed by atoms with van der Waals surface area (Å²) in [6.07, 6.45) is 3.30. The Kier molecular flexibility index (Phi) is 4.69. The van der Waals surface area contributed by atoms with Gasteiger partial charge in [-0.2, -0.15) is 0 Å². The lowest BCUT2D eigenvalue weighted by Crippen LogP contribution is -2.32. The van der Waals surface area contributed by atoms with Crippen LogP contribution in [0.15, 0.2) is 0 Å². The van der Waals surface area contributed by atoms with E-state index in [0.717, 1.165) is 25.7 Å². The van der Waals surface area contributed by atoms with Crippen molar-refractivity contribution in [2.45, 2.75) is 57.2 Å². The van der Waals surface area contributed by atoms with E-state index in [1.54, 1.807) is 0 Å². The zero-order chi connectivity index (χ0) is 13.8. The van der Waals surface area contributed by atoms with E-state index in [1.165, 1.54) is 7.11 Å². The number of carbonyl (C=O) groups excluding carboxylic acids is 3. The van der Waals surface area contributed by atoms with Crippen molar-refractivity contribution < 1.29 is 23.9 Å². The Morgan fingerprint density at radius 3 is 2.37 bits per heavy atom. The number of carbonyl (C=O) groups is 3. The summed E-state index contributed by atoms with van der Waals surface area (Å²) in [4.78, 5) is 35.8. The number of hydrogen-bond acceptors (Lipinski definition) is 5. The van der Waals surface area contributed by atoms with E-state index < -0.39 is 24.1 Å². The van der Waals surface area contributed by atoms with Gasteiger partial charge in [-0.3, -0.25) is 14.4 Å². The van der Waals surface area contributed by atoms with Gasteiger partial charge >= 0.3 is 5.97 Å². The Balaban J connectivity index is 2.16. The van der Waals surface area contributed by atoms with E-state index in [2.05, 4.69) is 0 Å². The van der Waals surface area contributed by atoms with Crippen molar-refractivity contribution in [1.29, 1.82) is 0 Å². The lowest BCUT2D eigenvalue weighted by Gasteiger charge is -2.15. The Bertz CT molecular complexity index is 376. The second kappa shape index (κ2) is 6.28. The lowest BCUT2D eigenvalue weighted by molar-refractivity contribution is -0.151. The van der Waals surface area contributed by atoms with E-state index in [9.17, 15) is 14.4 Å². The first-order valence-corrected chi connectivity index (χ1v) is 6.92. The number of ketones is 2. The van der Waals surface area contributed by atoms with Crippen LogP contribution < -0.4 is 0 Å². The first-order valence-electron chi connectivity index (χ1n) is 6.92. The van der Waals surface area contributed by atoms with Crippen molar-refractivity contribution in [1.82, 2.24) is 0 Å². The summed E-state index contributed by atoms with van der Waals surface area (Å²) in [5.41, 5.74) is 0. The van der Waals surface area contributed by atoms with Gasteiger partial charge in [-0.25, -0.2) is 0 Å². The van der Waals surface area contributed by atoms with Crippen molar-refractivity contribution >= 4 is 17.5 Å². The zero-order valence-electron chi connectivity index (χ0n) is 11.2. The van der Waals surface area contributed by atoms with Gasteiger partial charge in [-0.15, -0.1) is 0 Å². The number of rotatable bonds is 1. The highest BCUT2D eigenvalue weighted by atomic mass is 16.5. The average Bonchev–Trinajstić information content (AvgIpc) is 2.84. The molecule has 2 saturated heterocycles. The molecule has 2 bridgehead atoms. The van der Waals surface area contributed by atoms with Gasteiger partial charge in [-0.05, 0) is 19.3 Å². The summed E-state index contributed by atoms with van der Waals surface area (Å²) in [6.45, 7) is 0. The molecule has 3 atom stereocenters. The molecule has 0 aromatic heterocycles. The fourth-order valence-corrected chi connectivity index (χ4v) is 2.82. The summed E-state index contributed by atoms with van der Waals surface area (Å²) in [5.74, 6) is -1.14. The molecule has 0 aliphatic carbocycles. The van der Waals surface area contributed by atoms with Gasteiger partial charge in [0.15, 0.2) is 11.6 Å². The molecule has 0 N–H and O–H groups in total. The highest BCUT2D eigenvalue weighted by Crippen LogP contribution is 2.31. The molecule has 0 spiro atoms. The Labute approximate surface area is 112 Å². The highest BCUT2D eigenvalue weighted by molar-refractivity contribution is 5.92. The molecule has 0 amide bonds. The molecule has 2 aliphatic rings. The van der Waals surface area contributed by atoms with Gasteiger partial charge in [-0.1, -0.05) is 12.8 Å². The zero-order valence-corrected chi connectivity index (χ0v) is 11.2. The number of Topliss-reactive ketones (excluding diaryl/α,β-unsaturated/α-hetero) is 2. The van der Waals surface area contributed by atoms with Crippen LogP contribution in [-0.2, 0) is 23.9 Å². The van der Waals surface area contributed by atoms with Crippen LogP contribution in [0.4, 0.5) is 0 Å². The van der Waals surface area contributed by atoms with E-state index in [1.807, 2.05) is 0 Å². The van der Waals surface area contributed by atoms with Crippen LogP contribution >= 0.6 is 0 Å². The van der Waals surface area contributed by atoms with Crippen LogP contribution in [0.2, 0.25) is 0 Å². The molecule has 5 heteroatoms. The molecular formula is C14H20O5. The van der Waals surface area contributed by atoms with Gasteiger partial charge in [0.2, 0.25) is 0 Å². The van der Waals surface area contributed by atoms with Crippen LogP contribution in [0, 0.1) is 5.92 Å². The van der Waals surface area contributed by atoms with Gasteiger partial charge in [0.1, 0.15) is 12.2 Å². The molecule has 2 rings (SSSR count). The Morgan fingerprint density at radius 2 is 1.74 bits per heavy atom. The van der Waals surface area contributed by atoms with E-state index in [-0.39, 0.29) is 18.0 Å². The molecule has 2 heterocycles. The Morgan fingerprint density at radius 1 is 1.11 bits per heavy atom.